The Hall–Kier alpha value is -3.02. The van der Waals surface area contributed by atoms with Crippen LogP contribution in [0, 0.1) is 17.8 Å². The minimum Gasteiger partial charge on any atom is -0.493 e. The molecule has 0 atom stereocenters. The van der Waals surface area contributed by atoms with E-state index in [-0.39, 0.29) is 18.2 Å². The highest BCUT2D eigenvalue weighted by atomic mass is 16.5. The maximum Gasteiger partial charge on any atom is 0.306 e. The highest BCUT2D eigenvalue weighted by Gasteiger charge is 2.19. The van der Waals surface area contributed by atoms with Crippen molar-refractivity contribution < 1.29 is 28.5 Å². The lowest BCUT2D eigenvalue weighted by molar-refractivity contribution is -0.143. The van der Waals surface area contributed by atoms with Gasteiger partial charge in [0, 0.05) is 18.1 Å². The zero-order chi connectivity index (χ0) is 26.7. The first-order chi connectivity index (χ1) is 17.1. The quantitative estimate of drug-likeness (QED) is 0.206. The van der Waals surface area contributed by atoms with Gasteiger partial charge >= 0.3 is 5.97 Å². The molecule has 0 amide bonds. The fourth-order valence-electron chi connectivity index (χ4n) is 3.36. The van der Waals surface area contributed by atoms with Crippen molar-refractivity contribution in [3.8, 4) is 17.2 Å². The Morgan fingerprint density at radius 1 is 0.750 bits per heavy atom. The molecule has 6 heteroatoms. The van der Waals surface area contributed by atoms with Gasteiger partial charge in [0.1, 0.15) is 17.2 Å². The summed E-state index contributed by atoms with van der Waals surface area (Å²) in [5.41, 5.74) is 1.78. The van der Waals surface area contributed by atoms with Gasteiger partial charge in [-0.2, -0.15) is 0 Å². The summed E-state index contributed by atoms with van der Waals surface area (Å²) in [5.74, 6) is 2.47. The molecule has 0 heterocycles. The molecule has 6 nitrogen and oxygen atoms in total. The lowest BCUT2D eigenvalue weighted by Crippen LogP contribution is -2.12. The minimum absolute atomic E-state index is 0.156. The molecule has 0 fully saturated rings. The number of hydrogen-bond acceptors (Lipinski definition) is 6. The Balaban J connectivity index is 2.37. The molecule has 0 aliphatic heterocycles. The predicted octanol–water partition coefficient (Wildman–Crippen LogP) is 6.52. The third kappa shape index (κ3) is 9.56. The van der Waals surface area contributed by atoms with E-state index in [0.29, 0.717) is 79.0 Å². The Labute approximate surface area is 216 Å². The molecule has 2 aromatic rings. The van der Waals surface area contributed by atoms with Crippen molar-refractivity contribution in [2.75, 3.05) is 26.4 Å². The highest BCUT2D eigenvalue weighted by Crippen LogP contribution is 2.30. The van der Waals surface area contributed by atoms with Gasteiger partial charge in [-0.1, -0.05) is 41.5 Å². The number of carbonyl (C=O) groups is 2. The minimum atomic E-state index is -0.273. The van der Waals surface area contributed by atoms with E-state index in [1.165, 1.54) is 0 Å². The average Bonchev–Trinajstić information content (AvgIpc) is 2.83. The molecule has 0 N–H and O–H groups in total. The molecule has 2 rings (SSSR count). The molecule has 198 valence electrons. The molecule has 0 spiro atoms. The first-order valence-electron chi connectivity index (χ1n) is 13.0. The van der Waals surface area contributed by atoms with Gasteiger partial charge in [-0.25, -0.2) is 0 Å². The van der Waals surface area contributed by atoms with Crippen LogP contribution in [0.1, 0.15) is 76.4 Å². The fraction of sp³-hybridized carbons (Fsp3) is 0.533. The Kier molecular flexibility index (Phi) is 11.8. The predicted molar refractivity (Wildman–Crippen MR) is 142 cm³/mol. The van der Waals surface area contributed by atoms with Crippen LogP contribution in [0.3, 0.4) is 0 Å². The summed E-state index contributed by atoms with van der Waals surface area (Å²) in [6, 6.07) is 10.7. The monoisotopic (exact) mass is 498 g/mol. The van der Waals surface area contributed by atoms with Crippen LogP contribution in [-0.4, -0.2) is 38.2 Å². The smallest absolute Gasteiger partial charge is 0.306 e. The number of rotatable bonds is 15. The van der Waals surface area contributed by atoms with Crippen molar-refractivity contribution >= 4 is 11.8 Å². The van der Waals surface area contributed by atoms with E-state index < -0.39 is 0 Å². The largest absolute Gasteiger partial charge is 0.493 e. The van der Waals surface area contributed by atoms with Gasteiger partial charge in [0.25, 0.3) is 0 Å². The first kappa shape index (κ1) is 29.2. The number of esters is 1. The number of ketones is 1. The number of hydrogen-bond donors (Lipinski definition) is 0. The number of aryl methyl sites for hydroxylation is 1. The van der Waals surface area contributed by atoms with E-state index in [1.54, 1.807) is 31.2 Å². The van der Waals surface area contributed by atoms with E-state index in [9.17, 15) is 9.59 Å². The van der Waals surface area contributed by atoms with Gasteiger partial charge in [-0.05, 0) is 67.0 Å². The topological polar surface area (TPSA) is 71.1 Å². The Morgan fingerprint density at radius 2 is 1.36 bits per heavy atom. The van der Waals surface area contributed by atoms with E-state index in [0.717, 1.165) is 5.56 Å². The fourth-order valence-corrected chi connectivity index (χ4v) is 3.36. The van der Waals surface area contributed by atoms with Gasteiger partial charge in [-0.3, -0.25) is 9.59 Å². The van der Waals surface area contributed by atoms with Crippen LogP contribution in [0.2, 0.25) is 0 Å². The molecule has 0 aromatic heterocycles. The molecular formula is C30H42O6. The molecule has 0 saturated carbocycles. The molecule has 36 heavy (non-hydrogen) atoms. The van der Waals surface area contributed by atoms with E-state index in [2.05, 4.69) is 41.5 Å². The third-order valence-corrected chi connectivity index (χ3v) is 5.15. The normalized spacial score (nSPS) is 11.2. The van der Waals surface area contributed by atoms with Crippen LogP contribution in [-0.2, 0) is 16.0 Å². The van der Waals surface area contributed by atoms with Gasteiger partial charge in [0.15, 0.2) is 5.78 Å². The maximum atomic E-state index is 13.6. The summed E-state index contributed by atoms with van der Waals surface area (Å²) >= 11 is 0. The Bertz CT molecular complexity index is 993. The zero-order valence-electron chi connectivity index (χ0n) is 22.9. The lowest BCUT2D eigenvalue weighted by Gasteiger charge is -2.17. The van der Waals surface area contributed by atoms with Crippen LogP contribution >= 0.6 is 0 Å². The van der Waals surface area contributed by atoms with Crippen molar-refractivity contribution in [1.82, 2.24) is 0 Å². The Morgan fingerprint density at radius 3 is 1.97 bits per heavy atom. The van der Waals surface area contributed by atoms with Crippen molar-refractivity contribution in [2.45, 2.75) is 61.3 Å². The molecule has 0 saturated heterocycles. The molecule has 0 bridgehead atoms. The summed E-state index contributed by atoms with van der Waals surface area (Å²) in [5, 5.41) is 0. The van der Waals surface area contributed by atoms with Gasteiger partial charge in [0.05, 0.1) is 32.0 Å². The van der Waals surface area contributed by atoms with Crippen LogP contribution in [0.25, 0.3) is 0 Å². The summed E-state index contributed by atoms with van der Waals surface area (Å²) in [6.07, 6.45) is 0.639. The van der Waals surface area contributed by atoms with Gasteiger partial charge in [0.2, 0.25) is 0 Å². The summed E-state index contributed by atoms with van der Waals surface area (Å²) in [4.78, 5) is 25.6. The molecule has 0 unspecified atom stereocenters. The second-order valence-corrected chi connectivity index (χ2v) is 10.2. The van der Waals surface area contributed by atoms with Crippen molar-refractivity contribution in [1.29, 1.82) is 0 Å². The van der Waals surface area contributed by atoms with E-state index in [4.69, 9.17) is 18.9 Å². The number of benzene rings is 2. The molecule has 0 aliphatic rings. The van der Waals surface area contributed by atoms with Crippen molar-refractivity contribution in [2.24, 2.45) is 17.8 Å². The van der Waals surface area contributed by atoms with E-state index >= 15 is 0 Å². The van der Waals surface area contributed by atoms with Crippen LogP contribution < -0.4 is 14.2 Å². The van der Waals surface area contributed by atoms with Crippen LogP contribution in [0.15, 0.2) is 36.4 Å². The van der Waals surface area contributed by atoms with Gasteiger partial charge < -0.3 is 18.9 Å². The second-order valence-electron chi connectivity index (χ2n) is 10.2. The SMILES string of the molecule is CCOC(=O)CCc1cc(C(=O)c2ccc(OCC(C)C)cc2OCC(C)C)ccc1OCC(C)C. The van der Waals surface area contributed by atoms with Crippen LogP contribution in [0.4, 0.5) is 0 Å². The van der Waals surface area contributed by atoms with E-state index in [1.807, 2.05) is 12.1 Å². The summed E-state index contributed by atoms with van der Waals surface area (Å²) < 4.78 is 22.9. The maximum absolute atomic E-state index is 13.6. The zero-order valence-corrected chi connectivity index (χ0v) is 22.9. The lowest BCUT2D eigenvalue weighted by atomic mass is 9.98. The summed E-state index contributed by atoms with van der Waals surface area (Å²) in [7, 11) is 0. The second kappa shape index (κ2) is 14.5. The molecular weight excluding hydrogens is 456 g/mol. The summed E-state index contributed by atoms with van der Waals surface area (Å²) in [6.45, 7) is 16.2. The molecule has 2 aromatic carbocycles. The highest BCUT2D eigenvalue weighted by molar-refractivity contribution is 6.11. The van der Waals surface area contributed by atoms with Crippen molar-refractivity contribution in [3.63, 3.8) is 0 Å². The molecule has 0 aliphatic carbocycles. The standard InChI is InChI=1S/C30H42O6/c1-8-33-29(31)14-10-23-15-24(9-13-27(23)35-18-21(4)5)30(32)26-12-11-25(34-17-20(2)3)16-28(26)36-19-22(6)7/h9,11-13,15-16,20-22H,8,10,14,17-19H2,1-7H3. The average molecular weight is 499 g/mol. The molecule has 0 radical (unpaired) electrons. The van der Waals surface area contributed by atoms with Crippen LogP contribution in [0.5, 0.6) is 17.2 Å². The van der Waals surface area contributed by atoms with Gasteiger partial charge in [-0.15, -0.1) is 0 Å². The number of ether oxygens (including phenoxy) is 4. The first-order valence-corrected chi connectivity index (χ1v) is 13.0. The van der Waals surface area contributed by atoms with Crippen molar-refractivity contribution in [3.05, 3.63) is 53.1 Å². The number of carbonyl (C=O) groups excluding carboxylic acids is 2. The third-order valence-electron chi connectivity index (χ3n) is 5.15.